The standard InChI is InChI=1S/C12H17FN2/c13-11-5-7-15(8-6-11)12-4-2-1-3-10(12)9-14/h1-4,11H,5-9,14H2. The molecule has 1 aliphatic heterocycles. The Hall–Kier alpha value is -1.09. The number of halogens is 1. The fraction of sp³-hybridized carbons (Fsp3) is 0.500. The van der Waals surface area contributed by atoms with Gasteiger partial charge in [0.2, 0.25) is 0 Å². The van der Waals surface area contributed by atoms with Gasteiger partial charge in [-0.3, -0.25) is 0 Å². The molecule has 1 heterocycles. The molecule has 1 saturated heterocycles. The van der Waals surface area contributed by atoms with Crippen LogP contribution in [-0.4, -0.2) is 19.3 Å². The Morgan fingerprint density at radius 3 is 2.60 bits per heavy atom. The van der Waals surface area contributed by atoms with Gasteiger partial charge >= 0.3 is 0 Å². The fourth-order valence-electron chi connectivity index (χ4n) is 2.08. The van der Waals surface area contributed by atoms with Crippen molar-refractivity contribution in [2.75, 3.05) is 18.0 Å². The summed E-state index contributed by atoms with van der Waals surface area (Å²) in [7, 11) is 0. The average Bonchev–Trinajstić information content (AvgIpc) is 2.30. The van der Waals surface area contributed by atoms with E-state index in [4.69, 9.17) is 5.73 Å². The van der Waals surface area contributed by atoms with Gasteiger partial charge in [-0.15, -0.1) is 0 Å². The maximum absolute atomic E-state index is 13.0. The van der Waals surface area contributed by atoms with Crippen LogP contribution >= 0.6 is 0 Å². The van der Waals surface area contributed by atoms with Crippen LogP contribution in [-0.2, 0) is 6.54 Å². The molecule has 1 aromatic rings. The maximum atomic E-state index is 13.0. The molecule has 1 aliphatic rings. The molecule has 0 bridgehead atoms. The van der Waals surface area contributed by atoms with E-state index >= 15 is 0 Å². The van der Waals surface area contributed by atoms with Gasteiger partial charge in [0.05, 0.1) is 0 Å². The molecule has 0 radical (unpaired) electrons. The molecule has 3 heteroatoms. The molecule has 82 valence electrons. The molecule has 0 saturated carbocycles. The average molecular weight is 208 g/mol. The van der Waals surface area contributed by atoms with Crippen LogP contribution in [0.4, 0.5) is 10.1 Å². The number of para-hydroxylation sites is 1. The Labute approximate surface area is 89.9 Å². The SMILES string of the molecule is NCc1ccccc1N1CCC(F)CC1. The van der Waals surface area contributed by atoms with Gasteiger partial charge in [-0.25, -0.2) is 4.39 Å². The van der Waals surface area contributed by atoms with Gasteiger partial charge in [0, 0.05) is 25.3 Å². The Kier molecular flexibility index (Phi) is 3.21. The van der Waals surface area contributed by atoms with E-state index in [2.05, 4.69) is 11.0 Å². The second kappa shape index (κ2) is 4.62. The Balaban J connectivity index is 2.15. The number of piperidine rings is 1. The first-order valence-electron chi connectivity index (χ1n) is 5.48. The molecule has 0 atom stereocenters. The first-order valence-corrected chi connectivity index (χ1v) is 5.48. The molecule has 2 rings (SSSR count). The molecule has 0 unspecified atom stereocenters. The van der Waals surface area contributed by atoms with Crippen molar-refractivity contribution >= 4 is 5.69 Å². The minimum Gasteiger partial charge on any atom is -0.371 e. The number of nitrogens with two attached hydrogens (primary N) is 1. The van der Waals surface area contributed by atoms with Gasteiger partial charge in [0.25, 0.3) is 0 Å². The molecular formula is C12H17FN2. The molecular weight excluding hydrogens is 191 g/mol. The van der Waals surface area contributed by atoms with Gasteiger partial charge in [-0.1, -0.05) is 18.2 Å². The van der Waals surface area contributed by atoms with Gasteiger partial charge in [-0.2, -0.15) is 0 Å². The number of alkyl halides is 1. The minimum atomic E-state index is -0.619. The lowest BCUT2D eigenvalue weighted by molar-refractivity contribution is 0.277. The van der Waals surface area contributed by atoms with Crippen LogP contribution in [0.15, 0.2) is 24.3 Å². The van der Waals surface area contributed by atoms with Crippen molar-refractivity contribution in [3.63, 3.8) is 0 Å². The number of hydrogen-bond donors (Lipinski definition) is 1. The first-order chi connectivity index (χ1) is 7.31. The highest BCUT2D eigenvalue weighted by atomic mass is 19.1. The second-order valence-corrected chi connectivity index (χ2v) is 3.99. The van der Waals surface area contributed by atoms with Crippen molar-refractivity contribution in [2.45, 2.75) is 25.6 Å². The second-order valence-electron chi connectivity index (χ2n) is 3.99. The smallest absolute Gasteiger partial charge is 0.103 e. The van der Waals surface area contributed by atoms with Crippen LogP contribution in [0.1, 0.15) is 18.4 Å². The zero-order valence-corrected chi connectivity index (χ0v) is 8.82. The summed E-state index contributed by atoms with van der Waals surface area (Å²) in [5.41, 5.74) is 8.00. The number of anilines is 1. The summed E-state index contributed by atoms with van der Waals surface area (Å²) in [6.45, 7) is 2.15. The van der Waals surface area contributed by atoms with E-state index in [1.807, 2.05) is 18.2 Å². The van der Waals surface area contributed by atoms with Crippen LogP contribution in [0, 0.1) is 0 Å². The van der Waals surface area contributed by atoms with E-state index in [1.54, 1.807) is 0 Å². The fourth-order valence-corrected chi connectivity index (χ4v) is 2.08. The monoisotopic (exact) mass is 208 g/mol. The van der Waals surface area contributed by atoms with Gasteiger partial charge in [0.1, 0.15) is 6.17 Å². The number of rotatable bonds is 2. The molecule has 0 amide bonds. The minimum absolute atomic E-state index is 0.547. The van der Waals surface area contributed by atoms with Gasteiger partial charge in [-0.05, 0) is 24.5 Å². The van der Waals surface area contributed by atoms with Crippen molar-refractivity contribution in [1.82, 2.24) is 0 Å². The molecule has 1 aromatic carbocycles. The largest absolute Gasteiger partial charge is 0.371 e. The van der Waals surface area contributed by atoms with Crippen molar-refractivity contribution in [2.24, 2.45) is 5.73 Å². The highest BCUT2D eigenvalue weighted by Crippen LogP contribution is 2.24. The summed E-state index contributed by atoms with van der Waals surface area (Å²) in [6, 6.07) is 8.11. The van der Waals surface area contributed by atoms with E-state index in [0.717, 1.165) is 18.7 Å². The Morgan fingerprint density at radius 1 is 1.27 bits per heavy atom. The lowest BCUT2D eigenvalue weighted by atomic mass is 10.1. The summed E-state index contributed by atoms with van der Waals surface area (Å²) >= 11 is 0. The summed E-state index contributed by atoms with van der Waals surface area (Å²) in [4.78, 5) is 2.23. The molecule has 0 spiro atoms. The number of benzene rings is 1. The highest BCUT2D eigenvalue weighted by Gasteiger charge is 2.19. The molecule has 1 fully saturated rings. The third-order valence-corrected chi connectivity index (χ3v) is 2.98. The molecule has 2 nitrogen and oxygen atoms in total. The van der Waals surface area contributed by atoms with Crippen molar-refractivity contribution in [3.8, 4) is 0 Å². The van der Waals surface area contributed by atoms with E-state index < -0.39 is 6.17 Å². The van der Waals surface area contributed by atoms with E-state index in [9.17, 15) is 4.39 Å². The van der Waals surface area contributed by atoms with Crippen LogP contribution < -0.4 is 10.6 Å². The molecule has 2 N–H and O–H groups in total. The van der Waals surface area contributed by atoms with E-state index in [0.29, 0.717) is 19.4 Å². The first kappa shape index (κ1) is 10.4. The molecule has 0 aliphatic carbocycles. The van der Waals surface area contributed by atoms with Crippen molar-refractivity contribution in [1.29, 1.82) is 0 Å². The van der Waals surface area contributed by atoms with E-state index in [-0.39, 0.29) is 0 Å². The van der Waals surface area contributed by atoms with Gasteiger partial charge in [0.15, 0.2) is 0 Å². The molecule has 0 aromatic heterocycles. The quantitative estimate of drug-likeness (QED) is 0.806. The third kappa shape index (κ3) is 2.29. The summed E-state index contributed by atoms with van der Waals surface area (Å²) < 4.78 is 13.0. The predicted molar refractivity (Wildman–Crippen MR) is 60.7 cm³/mol. The van der Waals surface area contributed by atoms with Crippen LogP contribution in [0.25, 0.3) is 0 Å². The maximum Gasteiger partial charge on any atom is 0.103 e. The summed E-state index contributed by atoms with van der Waals surface area (Å²) in [5, 5.41) is 0. The van der Waals surface area contributed by atoms with E-state index in [1.165, 1.54) is 5.69 Å². The van der Waals surface area contributed by atoms with Gasteiger partial charge < -0.3 is 10.6 Å². The molecule has 15 heavy (non-hydrogen) atoms. The topological polar surface area (TPSA) is 29.3 Å². The van der Waals surface area contributed by atoms with Crippen LogP contribution in [0.3, 0.4) is 0 Å². The Morgan fingerprint density at radius 2 is 1.93 bits per heavy atom. The van der Waals surface area contributed by atoms with Crippen molar-refractivity contribution < 1.29 is 4.39 Å². The normalized spacial score (nSPS) is 18.1. The van der Waals surface area contributed by atoms with Crippen LogP contribution in [0.2, 0.25) is 0 Å². The lowest BCUT2D eigenvalue weighted by Crippen LogP contribution is -2.35. The predicted octanol–water partition coefficient (Wildman–Crippen LogP) is 2.08. The van der Waals surface area contributed by atoms with Crippen molar-refractivity contribution in [3.05, 3.63) is 29.8 Å². The summed E-state index contributed by atoms with van der Waals surface area (Å²) in [6.07, 6.45) is 0.656. The Bertz CT molecular complexity index is 319. The summed E-state index contributed by atoms with van der Waals surface area (Å²) in [5.74, 6) is 0. The zero-order chi connectivity index (χ0) is 10.7. The highest BCUT2D eigenvalue weighted by molar-refractivity contribution is 5.53. The number of hydrogen-bond acceptors (Lipinski definition) is 2. The number of nitrogens with zero attached hydrogens (tertiary/aromatic N) is 1. The third-order valence-electron chi connectivity index (χ3n) is 2.98. The zero-order valence-electron chi connectivity index (χ0n) is 8.82. The lowest BCUT2D eigenvalue weighted by Gasteiger charge is -2.32. The van der Waals surface area contributed by atoms with Crippen LogP contribution in [0.5, 0.6) is 0 Å².